The first-order valence-corrected chi connectivity index (χ1v) is 7.28. The van der Waals surface area contributed by atoms with Gasteiger partial charge in [0.2, 0.25) is 0 Å². The fraction of sp³-hybridized carbons (Fsp3) is 0.111. The summed E-state index contributed by atoms with van der Waals surface area (Å²) in [7, 11) is 2.88. The summed E-state index contributed by atoms with van der Waals surface area (Å²) in [5.74, 6) is -0.0200. The van der Waals surface area contributed by atoms with Crippen molar-refractivity contribution in [3.8, 4) is 5.75 Å². The zero-order valence-electron chi connectivity index (χ0n) is 13.3. The molecule has 24 heavy (non-hydrogen) atoms. The van der Waals surface area contributed by atoms with E-state index in [4.69, 9.17) is 4.74 Å². The number of H-pyrrole nitrogens is 1. The number of amides is 1. The van der Waals surface area contributed by atoms with Gasteiger partial charge in [0, 0.05) is 23.5 Å². The fourth-order valence-corrected chi connectivity index (χ4v) is 2.58. The monoisotopic (exact) mass is 324 g/mol. The minimum absolute atomic E-state index is 0.208. The number of carbonyl (C=O) groups excluding carboxylic acids is 2. The second-order valence-corrected chi connectivity index (χ2v) is 5.10. The molecule has 1 amide bonds. The molecule has 2 N–H and O–H groups in total. The van der Waals surface area contributed by atoms with Gasteiger partial charge in [0.15, 0.2) is 0 Å². The average molecular weight is 324 g/mol. The van der Waals surface area contributed by atoms with E-state index in [9.17, 15) is 9.59 Å². The van der Waals surface area contributed by atoms with Gasteiger partial charge in [-0.3, -0.25) is 4.79 Å². The first-order chi connectivity index (χ1) is 11.6. The molecule has 2 heterocycles. The number of methoxy groups -OCH3 is 2. The molecule has 3 rings (SSSR count). The fourth-order valence-electron chi connectivity index (χ4n) is 2.58. The Kier molecular flexibility index (Phi) is 4.20. The minimum Gasteiger partial charge on any atom is -0.495 e. The summed E-state index contributed by atoms with van der Waals surface area (Å²) in [6.07, 6.45) is 6.42. The predicted octanol–water partition coefficient (Wildman–Crippen LogP) is 2.70. The Morgan fingerprint density at radius 3 is 2.79 bits per heavy atom. The molecule has 2 aromatic rings. The Morgan fingerprint density at radius 1 is 1.21 bits per heavy atom. The van der Waals surface area contributed by atoms with Crippen molar-refractivity contribution in [1.82, 2.24) is 4.98 Å². The van der Waals surface area contributed by atoms with E-state index in [0.29, 0.717) is 22.7 Å². The topological polar surface area (TPSA) is 80.4 Å². The number of anilines is 1. The molecule has 0 aliphatic carbocycles. The van der Waals surface area contributed by atoms with Crippen LogP contribution < -0.4 is 10.1 Å². The van der Waals surface area contributed by atoms with Gasteiger partial charge in [-0.25, -0.2) is 4.79 Å². The van der Waals surface area contributed by atoms with Crippen LogP contribution in [0.1, 0.15) is 16.8 Å². The van der Waals surface area contributed by atoms with E-state index in [0.717, 1.165) is 11.1 Å². The van der Waals surface area contributed by atoms with Crippen molar-refractivity contribution in [2.24, 2.45) is 0 Å². The van der Waals surface area contributed by atoms with Gasteiger partial charge in [-0.05, 0) is 29.8 Å². The van der Waals surface area contributed by atoms with Gasteiger partial charge in [-0.1, -0.05) is 12.1 Å². The Labute approximate surface area is 138 Å². The van der Waals surface area contributed by atoms with Crippen molar-refractivity contribution in [2.75, 3.05) is 19.5 Å². The Morgan fingerprint density at radius 2 is 2.04 bits per heavy atom. The van der Waals surface area contributed by atoms with Gasteiger partial charge in [0.05, 0.1) is 25.5 Å². The molecule has 6 heteroatoms. The molecule has 0 atom stereocenters. The van der Waals surface area contributed by atoms with Gasteiger partial charge >= 0.3 is 5.97 Å². The van der Waals surface area contributed by atoms with Gasteiger partial charge in [-0.15, -0.1) is 0 Å². The second-order valence-electron chi connectivity index (χ2n) is 5.10. The number of nitrogens with one attached hydrogen (secondary N) is 2. The highest BCUT2D eigenvalue weighted by Gasteiger charge is 2.26. The zero-order valence-corrected chi connectivity index (χ0v) is 13.3. The van der Waals surface area contributed by atoms with E-state index < -0.39 is 5.97 Å². The zero-order chi connectivity index (χ0) is 17.1. The molecule has 0 saturated heterocycles. The standard InChI is InChI=1S/C18H16N2O4/c1-23-15-8-9-19-14(15)10-12-17-11(6-7-16(21)24-2)4-3-5-13(17)20-18(12)22/h3-10,19H,1-2H3,(H,20,22). The van der Waals surface area contributed by atoms with Gasteiger partial charge in [0.25, 0.3) is 5.91 Å². The highest BCUT2D eigenvalue weighted by molar-refractivity contribution is 6.35. The Bertz CT molecular complexity index is 862. The largest absolute Gasteiger partial charge is 0.495 e. The summed E-state index contributed by atoms with van der Waals surface area (Å²) in [4.78, 5) is 26.7. The van der Waals surface area contributed by atoms with Gasteiger partial charge in [-0.2, -0.15) is 0 Å². The molecule has 0 saturated carbocycles. The highest BCUT2D eigenvalue weighted by Crippen LogP contribution is 2.37. The molecular weight excluding hydrogens is 308 g/mol. The van der Waals surface area contributed by atoms with Crippen molar-refractivity contribution in [2.45, 2.75) is 0 Å². The molecule has 1 aliphatic heterocycles. The van der Waals surface area contributed by atoms with Crippen molar-refractivity contribution in [1.29, 1.82) is 0 Å². The third kappa shape index (κ3) is 2.81. The smallest absolute Gasteiger partial charge is 0.330 e. The van der Waals surface area contributed by atoms with Crippen LogP contribution in [0.4, 0.5) is 5.69 Å². The normalized spacial score (nSPS) is 14.8. The quantitative estimate of drug-likeness (QED) is 0.669. The van der Waals surface area contributed by atoms with E-state index in [1.807, 2.05) is 18.2 Å². The third-order valence-electron chi connectivity index (χ3n) is 3.71. The molecular formula is C18H16N2O4. The van der Waals surface area contributed by atoms with Crippen LogP contribution in [0, 0.1) is 0 Å². The first-order valence-electron chi connectivity index (χ1n) is 7.28. The Hall–Kier alpha value is -3.28. The number of fused-ring (bicyclic) bond motifs is 1. The summed E-state index contributed by atoms with van der Waals surface area (Å²) < 4.78 is 9.87. The predicted molar refractivity (Wildman–Crippen MR) is 91.3 cm³/mol. The molecule has 1 aromatic carbocycles. The number of rotatable bonds is 4. The second kappa shape index (κ2) is 6.45. The van der Waals surface area contributed by atoms with Crippen LogP contribution in [0.5, 0.6) is 5.75 Å². The summed E-state index contributed by atoms with van der Waals surface area (Å²) >= 11 is 0. The lowest BCUT2D eigenvalue weighted by Crippen LogP contribution is -2.03. The van der Waals surface area contributed by atoms with Gasteiger partial charge in [0.1, 0.15) is 5.75 Å². The molecule has 0 unspecified atom stereocenters. The molecule has 0 bridgehead atoms. The number of hydrogen-bond acceptors (Lipinski definition) is 4. The Balaban J connectivity index is 2.09. The van der Waals surface area contributed by atoms with Crippen molar-refractivity contribution in [3.05, 3.63) is 53.4 Å². The van der Waals surface area contributed by atoms with Crippen LogP contribution in [0.2, 0.25) is 0 Å². The van der Waals surface area contributed by atoms with E-state index in [2.05, 4.69) is 15.0 Å². The van der Waals surface area contributed by atoms with Crippen LogP contribution in [0.25, 0.3) is 17.7 Å². The molecule has 0 radical (unpaired) electrons. The van der Waals surface area contributed by atoms with E-state index >= 15 is 0 Å². The van der Waals surface area contributed by atoms with Gasteiger partial charge < -0.3 is 19.8 Å². The summed E-state index contributed by atoms with van der Waals surface area (Å²) in [6, 6.07) is 7.24. The lowest BCUT2D eigenvalue weighted by molar-refractivity contribution is -0.134. The van der Waals surface area contributed by atoms with Crippen LogP contribution in [0.3, 0.4) is 0 Å². The van der Waals surface area contributed by atoms with E-state index in [1.54, 1.807) is 31.5 Å². The molecule has 0 fully saturated rings. The number of carbonyl (C=O) groups is 2. The van der Waals surface area contributed by atoms with Crippen molar-refractivity contribution in [3.63, 3.8) is 0 Å². The molecule has 1 aliphatic rings. The number of aromatic amines is 1. The lowest BCUT2D eigenvalue weighted by atomic mass is 9.99. The SMILES string of the molecule is COC(=O)C=Cc1cccc2c1C(=Cc1[nH]ccc1OC)C(=O)N2. The van der Waals surface area contributed by atoms with Crippen LogP contribution >= 0.6 is 0 Å². The maximum Gasteiger partial charge on any atom is 0.330 e. The van der Waals surface area contributed by atoms with E-state index in [-0.39, 0.29) is 5.91 Å². The van der Waals surface area contributed by atoms with Crippen molar-refractivity contribution >= 4 is 35.3 Å². The number of hydrogen-bond donors (Lipinski definition) is 2. The average Bonchev–Trinajstić information content (AvgIpc) is 3.17. The highest BCUT2D eigenvalue weighted by atomic mass is 16.5. The maximum absolute atomic E-state index is 12.4. The number of esters is 1. The van der Waals surface area contributed by atoms with Crippen LogP contribution in [-0.4, -0.2) is 31.1 Å². The summed E-state index contributed by atoms with van der Waals surface area (Å²) in [5, 5.41) is 2.83. The van der Waals surface area contributed by atoms with Crippen LogP contribution in [-0.2, 0) is 14.3 Å². The lowest BCUT2D eigenvalue weighted by Gasteiger charge is -2.04. The number of benzene rings is 1. The summed E-state index contributed by atoms with van der Waals surface area (Å²) in [6.45, 7) is 0. The minimum atomic E-state index is -0.457. The summed E-state index contributed by atoms with van der Waals surface area (Å²) in [5.41, 5.74) is 3.37. The first kappa shape index (κ1) is 15.6. The van der Waals surface area contributed by atoms with E-state index in [1.165, 1.54) is 13.2 Å². The number of aromatic nitrogens is 1. The third-order valence-corrected chi connectivity index (χ3v) is 3.71. The molecule has 1 aromatic heterocycles. The molecule has 0 spiro atoms. The molecule has 6 nitrogen and oxygen atoms in total. The van der Waals surface area contributed by atoms with Crippen LogP contribution in [0.15, 0.2) is 36.5 Å². The number of ether oxygens (including phenoxy) is 2. The van der Waals surface area contributed by atoms with Crippen molar-refractivity contribution < 1.29 is 19.1 Å². The molecule has 122 valence electrons. The maximum atomic E-state index is 12.4.